The zero-order valence-electron chi connectivity index (χ0n) is 12.3. The molecule has 1 aromatic carbocycles. The van der Waals surface area contributed by atoms with E-state index in [1.165, 1.54) is 0 Å². The van der Waals surface area contributed by atoms with Crippen LogP contribution in [0.25, 0.3) is 0 Å². The SMILES string of the molecule is NC(N)=NC(N)=Nc1ccc2c(c1)CCCN2C(=O)C1CC1. The zero-order valence-corrected chi connectivity index (χ0v) is 12.3. The van der Waals surface area contributed by atoms with Gasteiger partial charge in [-0.15, -0.1) is 0 Å². The van der Waals surface area contributed by atoms with Crippen LogP contribution in [-0.4, -0.2) is 24.4 Å². The lowest BCUT2D eigenvalue weighted by molar-refractivity contribution is -0.119. The van der Waals surface area contributed by atoms with Crippen LogP contribution >= 0.6 is 0 Å². The number of nitrogens with two attached hydrogens (primary N) is 3. The Labute approximate surface area is 128 Å². The summed E-state index contributed by atoms with van der Waals surface area (Å²) in [6, 6.07) is 5.69. The van der Waals surface area contributed by atoms with Crippen molar-refractivity contribution in [1.82, 2.24) is 0 Å². The predicted molar refractivity (Wildman–Crippen MR) is 86.9 cm³/mol. The maximum absolute atomic E-state index is 12.3. The third kappa shape index (κ3) is 3.03. The van der Waals surface area contributed by atoms with Gasteiger partial charge in [0.2, 0.25) is 11.9 Å². The van der Waals surface area contributed by atoms with Gasteiger partial charge in [0.1, 0.15) is 0 Å². The summed E-state index contributed by atoms with van der Waals surface area (Å²) in [5, 5.41) is 0. The number of hydrogen-bond donors (Lipinski definition) is 3. The number of amides is 1. The Bertz CT molecular complexity index is 658. The molecular weight excluding hydrogens is 280 g/mol. The van der Waals surface area contributed by atoms with Crippen molar-refractivity contribution in [1.29, 1.82) is 0 Å². The van der Waals surface area contributed by atoms with Crippen molar-refractivity contribution in [2.75, 3.05) is 11.4 Å². The van der Waals surface area contributed by atoms with Gasteiger partial charge in [-0.2, -0.15) is 4.99 Å². The van der Waals surface area contributed by atoms with Crippen molar-refractivity contribution < 1.29 is 4.79 Å². The van der Waals surface area contributed by atoms with Gasteiger partial charge in [-0.25, -0.2) is 4.99 Å². The number of aliphatic imine (C=N–C) groups is 2. The zero-order chi connectivity index (χ0) is 15.7. The lowest BCUT2D eigenvalue weighted by atomic mass is 10.0. The highest BCUT2D eigenvalue weighted by Crippen LogP contribution is 2.36. The van der Waals surface area contributed by atoms with E-state index in [9.17, 15) is 4.79 Å². The van der Waals surface area contributed by atoms with Crippen molar-refractivity contribution >= 4 is 29.2 Å². The second-order valence-electron chi connectivity index (χ2n) is 5.69. The smallest absolute Gasteiger partial charge is 0.230 e. The van der Waals surface area contributed by atoms with Crippen molar-refractivity contribution in [2.45, 2.75) is 25.7 Å². The van der Waals surface area contributed by atoms with Gasteiger partial charge in [-0.3, -0.25) is 4.79 Å². The summed E-state index contributed by atoms with van der Waals surface area (Å²) in [6.45, 7) is 0.793. The number of fused-ring (bicyclic) bond motifs is 1. The Morgan fingerprint density at radius 3 is 2.68 bits per heavy atom. The van der Waals surface area contributed by atoms with Crippen molar-refractivity contribution in [3.05, 3.63) is 23.8 Å². The molecule has 116 valence electrons. The van der Waals surface area contributed by atoms with Gasteiger partial charge < -0.3 is 22.1 Å². The first kappa shape index (κ1) is 14.4. The molecule has 22 heavy (non-hydrogen) atoms. The predicted octanol–water partition coefficient (Wildman–Crippen LogP) is 0.595. The quantitative estimate of drug-likeness (QED) is 0.546. The van der Waals surface area contributed by atoms with Crippen molar-refractivity contribution in [3.63, 3.8) is 0 Å². The van der Waals surface area contributed by atoms with Gasteiger partial charge in [0.05, 0.1) is 5.69 Å². The number of benzene rings is 1. The van der Waals surface area contributed by atoms with Gasteiger partial charge in [0.25, 0.3) is 0 Å². The molecule has 0 atom stereocenters. The minimum absolute atomic E-state index is 0.0154. The number of nitrogens with zero attached hydrogens (tertiary/aromatic N) is 3. The molecule has 1 aliphatic heterocycles. The number of aryl methyl sites for hydroxylation is 1. The Morgan fingerprint density at radius 1 is 1.23 bits per heavy atom. The summed E-state index contributed by atoms with van der Waals surface area (Å²) in [6.07, 6.45) is 3.92. The number of carbonyl (C=O) groups is 1. The first-order valence-electron chi connectivity index (χ1n) is 7.42. The van der Waals surface area contributed by atoms with E-state index in [4.69, 9.17) is 17.2 Å². The second kappa shape index (κ2) is 5.67. The summed E-state index contributed by atoms with van der Waals surface area (Å²) < 4.78 is 0. The maximum atomic E-state index is 12.3. The van der Waals surface area contributed by atoms with Crippen LogP contribution in [0.1, 0.15) is 24.8 Å². The molecule has 1 amide bonds. The Hall–Kier alpha value is -2.57. The Balaban J connectivity index is 1.87. The number of rotatable bonds is 2. The normalized spacial score (nSPS) is 17.8. The highest BCUT2D eigenvalue weighted by Gasteiger charge is 2.35. The fourth-order valence-electron chi connectivity index (χ4n) is 2.72. The first-order valence-corrected chi connectivity index (χ1v) is 7.42. The molecule has 1 heterocycles. The van der Waals surface area contributed by atoms with Gasteiger partial charge in [0, 0.05) is 18.2 Å². The van der Waals surface area contributed by atoms with Gasteiger partial charge in [-0.05, 0) is 49.4 Å². The lowest BCUT2D eigenvalue weighted by Gasteiger charge is -2.29. The van der Waals surface area contributed by atoms with Crippen molar-refractivity contribution in [3.8, 4) is 0 Å². The average molecular weight is 300 g/mol. The summed E-state index contributed by atoms with van der Waals surface area (Å²) in [4.78, 5) is 22.1. The standard InChI is InChI=1S/C15H20N6O/c16-14(17)20-15(18)19-11-5-6-12-10(8-11)2-1-7-21(12)13(22)9-3-4-9/h5-6,8-9H,1-4,7H2,(H6,16,17,18,19,20). The van der Waals surface area contributed by atoms with Crippen LogP contribution in [0.4, 0.5) is 11.4 Å². The third-order valence-electron chi connectivity index (χ3n) is 3.86. The lowest BCUT2D eigenvalue weighted by Crippen LogP contribution is -2.36. The van der Waals surface area contributed by atoms with Crippen LogP contribution in [0.3, 0.4) is 0 Å². The molecule has 1 saturated carbocycles. The molecule has 0 spiro atoms. The van der Waals surface area contributed by atoms with Gasteiger partial charge in [0.15, 0.2) is 5.96 Å². The number of guanidine groups is 2. The Morgan fingerprint density at radius 2 is 2.00 bits per heavy atom. The largest absolute Gasteiger partial charge is 0.370 e. The summed E-state index contributed by atoms with van der Waals surface area (Å²) in [7, 11) is 0. The van der Waals surface area contributed by atoms with Crippen LogP contribution in [0.15, 0.2) is 28.2 Å². The molecule has 0 unspecified atom stereocenters. The number of hydrogen-bond acceptors (Lipinski definition) is 2. The molecule has 7 nitrogen and oxygen atoms in total. The third-order valence-corrected chi connectivity index (χ3v) is 3.86. The molecular formula is C15H20N6O. The van der Waals surface area contributed by atoms with E-state index in [0.29, 0.717) is 5.69 Å². The van der Waals surface area contributed by atoms with E-state index in [1.54, 1.807) is 0 Å². The summed E-state index contributed by atoms with van der Waals surface area (Å²) in [5.74, 6) is 0.362. The average Bonchev–Trinajstić information content (AvgIpc) is 3.29. The van der Waals surface area contributed by atoms with E-state index < -0.39 is 0 Å². The fourth-order valence-corrected chi connectivity index (χ4v) is 2.72. The molecule has 1 aromatic rings. The molecule has 3 rings (SSSR count). The van der Waals surface area contributed by atoms with Crippen LogP contribution < -0.4 is 22.1 Å². The fraction of sp³-hybridized carbons (Fsp3) is 0.400. The van der Waals surface area contributed by atoms with E-state index in [-0.39, 0.29) is 23.7 Å². The first-order chi connectivity index (χ1) is 10.5. The summed E-state index contributed by atoms with van der Waals surface area (Å²) in [5.41, 5.74) is 19.0. The van der Waals surface area contributed by atoms with Gasteiger partial charge in [-0.1, -0.05) is 0 Å². The van der Waals surface area contributed by atoms with Crippen LogP contribution in [-0.2, 0) is 11.2 Å². The van der Waals surface area contributed by atoms with E-state index >= 15 is 0 Å². The molecule has 0 aromatic heterocycles. The van der Waals surface area contributed by atoms with Crippen LogP contribution in [0, 0.1) is 5.92 Å². The molecule has 0 bridgehead atoms. The monoisotopic (exact) mass is 300 g/mol. The topological polar surface area (TPSA) is 123 Å². The van der Waals surface area contributed by atoms with Crippen molar-refractivity contribution in [2.24, 2.45) is 33.1 Å². The molecule has 2 aliphatic rings. The molecule has 1 aliphatic carbocycles. The minimum Gasteiger partial charge on any atom is -0.370 e. The molecule has 0 radical (unpaired) electrons. The highest BCUT2D eigenvalue weighted by atomic mass is 16.2. The van der Waals surface area contributed by atoms with Crippen LogP contribution in [0.2, 0.25) is 0 Å². The number of anilines is 1. The van der Waals surface area contributed by atoms with E-state index in [1.807, 2.05) is 23.1 Å². The Kier molecular flexibility index (Phi) is 3.70. The molecule has 0 saturated heterocycles. The second-order valence-corrected chi connectivity index (χ2v) is 5.69. The maximum Gasteiger partial charge on any atom is 0.230 e. The van der Waals surface area contributed by atoms with E-state index in [0.717, 1.165) is 43.5 Å². The van der Waals surface area contributed by atoms with Gasteiger partial charge >= 0.3 is 0 Å². The molecule has 6 N–H and O–H groups in total. The number of carbonyl (C=O) groups excluding carboxylic acids is 1. The summed E-state index contributed by atoms with van der Waals surface area (Å²) >= 11 is 0. The molecule has 1 fully saturated rings. The molecule has 7 heteroatoms. The van der Waals surface area contributed by atoms with E-state index in [2.05, 4.69) is 9.98 Å². The minimum atomic E-state index is -0.125. The highest BCUT2D eigenvalue weighted by molar-refractivity contribution is 5.98. The van der Waals surface area contributed by atoms with Crippen LogP contribution in [0.5, 0.6) is 0 Å².